The fourth-order valence-corrected chi connectivity index (χ4v) is 5.30. The van der Waals surface area contributed by atoms with Gasteiger partial charge >= 0.3 is 0 Å². The summed E-state index contributed by atoms with van der Waals surface area (Å²) in [4.78, 5) is 5.41. The summed E-state index contributed by atoms with van der Waals surface area (Å²) in [7, 11) is -3.79. The second-order valence-corrected chi connectivity index (χ2v) is 8.59. The number of sulfonamides is 1. The van der Waals surface area contributed by atoms with Crippen molar-refractivity contribution in [1.29, 1.82) is 0 Å². The third kappa shape index (κ3) is 2.67. The number of rotatable bonds is 4. The van der Waals surface area contributed by atoms with Crippen LogP contribution in [0.3, 0.4) is 0 Å². The van der Waals surface area contributed by atoms with Gasteiger partial charge in [-0.15, -0.1) is 22.7 Å². The number of thiazole rings is 1. The van der Waals surface area contributed by atoms with Crippen LogP contribution in [0, 0.1) is 0 Å². The van der Waals surface area contributed by atoms with Gasteiger partial charge in [0.1, 0.15) is 0 Å². The fourth-order valence-electron chi connectivity index (χ4n) is 1.96. The lowest BCUT2D eigenvalue weighted by Crippen LogP contribution is -2.28. The average molecular weight is 363 g/mol. The molecule has 0 aromatic carbocycles. The molecule has 3 rings (SSSR count). The minimum absolute atomic E-state index is 0.00855. The van der Waals surface area contributed by atoms with Gasteiger partial charge in [-0.3, -0.25) is 4.40 Å². The van der Waals surface area contributed by atoms with Crippen molar-refractivity contribution < 1.29 is 8.42 Å². The first-order chi connectivity index (χ1) is 9.88. The number of thiophene rings is 1. The predicted molar refractivity (Wildman–Crippen MR) is 85.5 cm³/mol. The lowest BCUT2D eigenvalue weighted by atomic mass is 10.3. The summed E-state index contributed by atoms with van der Waals surface area (Å²) in [5.41, 5.74) is 5.74. The van der Waals surface area contributed by atoms with Crippen LogP contribution in [0.1, 0.15) is 17.8 Å². The molecule has 0 aliphatic rings. The van der Waals surface area contributed by atoms with Gasteiger partial charge in [0.05, 0.1) is 10.4 Å². The molecule has 0 bridgehead atoms. The molecule has 0 aliphatic heterocycles. The van der Waals surface area contributed by atoms with Crippen LogP contribution >= 0.6 is 34.3 Å². The van der Waals surface area contributed by atoms with E-state index in [1.165, 1.54) is 27.1 Å². The summed E-state index contributed by atoms with van der Waals surface area (Å²) in [6.45, 7) is 1.75. The summed E-state index contributed by atoms with van der Waals surface area (Å²) in [6.07, 6.45) is 1.63. The monoisotopic (exact) mass is 362 g/mol. The normalized spacial score (nSPS) is 13.8. The van der Waals surface area contributed by atoms with Gasteiger partial charge in [-0.05, 0) is 19.1 Å². The Morgan fingerprint density at radius 2 is 2.24 bits per heavy atom. The van der Waals surface area contributed by atoms with Crippen molar-refractivity contribution in [2.24, 2.45) is 0 Å². The number of fused-ring (bicyclic) bond motifs is 1. The predicted octanol–water partition coefficient (Wildman–Crippen LogP) is 2.73. The molecule has 3 aromatic heterocycles. The van der Waals surface area contributed by atoms with E-state index >= 15 is 0 Å². The highest BCUT2D eigenvalue weighted by Crippen LogP contribution is 2.29. The van der Waals surface area contributed by atoms with Crippen LogP contribution in [0.2, 0.25) is 4.34 Å². The summed E-state index contributed by atoms with van der Waals surface area (Å²) in [5.74, 6) is -0.00855. The molecular weight excluding hydrogens is 352 g/mol. The molecule has 6 nitrogen and oxygen atoms in total. The van der Waals surface area contributed by atoms with Gasteiger partial charge in [-0.2, -0.15) is 0 Å². The average Bonchev–Trinajstić information content (AvgIpc) is 3.03. The van der Waals surface area contributed by atoms with Gasteiger partial charge in [0.2, 0.25) is 0 Å². The van der Waals surface area contributed by atoms with E-state index in [0.29, 0.717) is 9.30 Å². The Balaban J connectivity index is 1.97. The van der Waals surface area contributed by atoms with E-state index in [1.54, 1.807) is 30.6 Å². The van der Waals surface area contributed by atoms with Crippen molar-refractivity contribution >= 4 is 55.1 Å². The van der Waals surface area contributed by atoms with Crippen LogP contribution in [-0.2, 0) is 10.0 Å². The molecule has 21 heavy (non-hydrogen) atoms. The van der Waals surface area contributed by atoms with Gasteiger partial charge in [0.25, 0.3) is 10.0 Å². The van der Waals surface area contributed by atoms with E-state index in [1.807, 2.05) is 0 Å². The molecule has 1 atom stereocenters. The number of imidazole rings is 1. The molecule has 1 unspecified atom stereocenters. The topological polar surface area (TPSA) is 89.5 Å². The van der Waals surface area contributed by atoms with Gasteiger partial charge in [0, 0.05) is 16.5 Å². The zero-order valence-electron chi connectivity index (χ0n) is 10.8. The van der Waals surface area contributed by atoms with Crippen LogP contribution < -0.4 is 10.5 Å². The molecule has 3 aromatic rings. The molecule has 3 N–H and O–H groups in total. The van der Waals surface area contributed by atoms with E-state index in [0.717, 1.165) is 4.88 Å². The second-order valence-electron chi connectivity index (χ2n) is 4.34. The molecule has 10 heteroatoms. The van der Waals surface area contributed by atoms with Crippen molar-refractivity contribution in [3.63, 3.8) is 0 Å². The van der Waals surface area contributed by atoms with Crippen molar-refractivity contribution in [2.45, 2.75) is 18.0 Å². The molecule has 112 valence electrons. The largest absolute Gasteiger partial charge is 0.381 e. The van der Waals surface area contributed by atoms with Crippen LogP contribution in [0.25, 0.3) is 4.96 Å². The second kappa shape index (κ2) is 5.25. The van der Waals surface area contributed by atoms with Crippen molar-refractivity contribution in [3.05, 3.63) is 32.9 Å². The Kier molecular flexibility index (Phi) is 3.70. The molecule has 0 amide bonds. The van der Waals surface area contributed by atoms with Crippen LogP contribution in [0.4, 0.5) is 5.82 Å². The van der Waals surface area contributed by atoms with Crippen molar-refractivity contribution in [2.75, 3.05) is 5.73 Å². The van der Waals surface area contributed by atoms with Crippen LogP contribution in [0.15, 0.2) is 28.7 Å². The first-order valence-electron chi connectivity index (χ1n) is 5.87. The summed E-state index contributed by atoms with van der Waals surface area (Å²) >= 11 is 8.52. The maximum absolute atomic E-state index is 12.5. The maximum atomic E-state index is 12.5. The first-order valence-corrected chi connectivity index (χ1v) is 9.43. The minimum atomic E-state index is -3.79. The highest BCUT2D eigenvalue weighted by Gasteiger charge is 2.27. The molecule has 3 heterocycles. The van der Waals surface area contributed by atoms with Crippen LogP contribution in [-0.4, -0.2) is 17.8 Å². The molecule has 0 spiro atoms. The summed E-state index contributed by atoms with van der Waals surface area (Å²) in [6, 6.07) is 3.12. The Hall–Kier alpha value is -1.13. The molecule has 0 fully saturated rings. The Bertz CT molecular complexity index is 896. The third-order valence-corrected chi connectivity index (χ3v) is 6.60. The number of nitrogen functional groups attached to an aromatic ring is 1. The lowest BCUT2D eigenvalue weighted by molar-refractivity contribution is 0.564. The van der Waals surface area contributed by atoms with E-state index in [-0.39, 0.29) is 10.8 Å². The quantitative estimate of drug-likeness (QED) is 0.746. The lowest BCUT2D eigenvalue weighted by Gasteiger charge is -2.12. The van der Waals surface area contributed by atoms with Crippen molar-refractivity contribution in [3.8, 4) is 0 Å². The Morgan fingerprint density at radius 1 is 1.48 bits per heavy atom. The zero-order valence-corrected chi connectivity index (χ0v) is 14.0. The molecule has 0 saturated heterocycles. The number of nitrogens with two attached hydrogens (primary N) is 1. The fraction of sp³-hybridized carbons (Fsp3) is 0.182. The number of anilines is 1. The van der Waals surface area contributed by atoms with Crippen LogP contribution in [0.5, 0.6) is 0 Å². The molecule has 0 radical (unpaired) electrons. The van der Waals surface area contributed by atoms with Crippen molar-refractivity contribution in [1.82, 2.24) is 14.1 Å². The smallest absolute Gasteiger partial charge is 0.260 e. The summed E-state index contributed by atoms with van der Waals surface area (Å²) in [5, 5.41) is 1.72. The molecule has 0 aliphatic carbocycles. The van der Waals surface area contributed by atoms with E-state index in [9.17, 15) is 8.42 Å². The maximum Gasteiger partial charge on any atom is 0.260 e. The van der Waals surface area contributed by atoms with Gasteiger partial charge < -0.3 is 5.73 Å². The number of hydrogen-bond donors (Lipinski definition) is 2. The Morgan fingerprint density at radius 3 is 2.90 bits per heavy atom. The third-order valence-electron chi connectivity index (χ3n) is 2.85. The number of hydrogen-bond acceptors (Lipinski definition) is 6. The SMILES string of the molecule is CC(NS(=O)(=O)c1c(N)nc2sccn12)c1ccc(Cl)s1. The standard InChI is InChI=1S/C11H11ClN4O2S3/c1-6(7-2-3-8(12)20-7)15-21(17,18)10-9(13)14-11-16(10)4-5-19-11/h2-6,15H,13H2,1H3. The van der Waals surface area contributed by atoms with Gasteiger partial charge in [0.15, 0.2) is 15.8 Å². The number of aromatic nitrogens is 2. The Labute approximate surface area is 134 Å². The van der Waals surface area contributed by atoms with Gasteiger partial charge in [-0.25, -0.2) is 18.1 Å². The zero-order chi connectivity index (χ0) is 15.2. The highest BCUT2D eigenvalue weighted by atomic mass is 35.5. The minimum Gasteiger partial charge on any atom is -0.381 e. The summed E-state index contributed by atoms with van der Waals surface area (Å²) < 4.78 is 29.8. The highest BCUT2D eigenvalue weighted by molar-refractivity contribution is 7.89. The van der Waals surface area contributed by atoms with Gasteiger partial charge in [-0.1, -0.05) is 11.6 Å². The van der Waals surface area contributed by atoms with E-state index in [4.69, 9.17) is 17.3 Å². The number of nitrogens with one attached hydrogen (secondary N) is 1. The number of halogens is 1. The van der Waals surface area contributed by atoms with E-state index < -0.39 is 16.1 Å². The molecule has 0 saturated carbocycles. The van der Waals surface area contributed by atoms with E-state index in [2.05, 4.69) is 9.71 Å². The molecular formula is C11H11ClN4O2S3. The first kappa shape index (κ1) is 14.8. The number of nitrogens with zero attached hydrogens (tertiary/aromatic N) is 2.